The summed E-state index contributed by atoms with van der Waals surface area (Å²) in [6, 6.07) is 17.2. The third-order valence-corrected chi connectivity index (χ3v) is 7.27. The number of carbonyl (C=O) groups excluding carboxylic acids is 1. The molecule has 3 heteroatoms. The van der Waals surface area contributed by atoms with Crippen LogP contribution in [0.4, 0.5) is 0 Å². The first-order chi connectivity index (χ1) is 14.2. The summed E-state index contributed by atoms with van der Waals surface area (Å²) >= 11 is -0.642. The van der Waals surface area contributed by atoms with Gasteiger partial charge in [-0.05, 0) is 0 Å². The van der Waals surface area contributed by atoms with Gasteiger partial charge in [-0.1, -0.05) is 52.4 Å². The Hall–Kier alpha value is -1.13. The van der Waals surface area contributed by atoms with Crippen molar-refractivity contribution in [3.8, 4) is 0 Å². The minimum atomic E-state index is -0.642. The van der Waals surface area contributed by atoms with Crippen molar-refractivity contribution >= 4 is 27.3 Å². The van der Waals surface area contributed by atoms with E-state index in [4.69, 9.17) is 3.07 Å². The van der Waals surface area contributed by atoms with Gasteiger partial charge in [-0.15, -0.1) is 0 Å². The van der Waals surface area contributed by atoms with Crippen molar-refractivity contribution in [2.75, 3.05) is 0 Å². The van der Waals surface area contributed by atoms with Gasteiger partial charge >= 0.3 is 137 Å². The summed E-state index contributed by atoms with van der Waals surface area (Å²) in [6.07, 6.45) is 11.0. The summed E-state index contributed by atoms with van der Waals surface area (Å²) in [5.41, 5.74) is 2.61. The van der Waals surface area contributed by atoms with E-state index in [0.29, 0.717) is 6.61 Å². The maximum absolute atomic E-state index is 12.3. The van der Waals surface area contributed by atoms with Gasteiger partial charge in [0.15, 0.2) is 0 Å². The molecule has 2 nitrogen and oxygen atoms in total. The van der Waals surface area contributed by atoms with Crippen molar-refractivity contribution in [2.24, 2.45) is 0 Å². The molecule has 0 aliphatic carbocycles. The standard InChI is InChI=1S/C14H11O2.C8H18.C4H9.Sn/c15-10-11-6-8-13(9-7-11)14(16)12-4-2-1-3-5-12;1-3-5-7-8-6-4-2;1-3-4-2;/h1-9H,10H2;3-8H2,1-2H3;1,3-4H2,2H3;/q-1;;;+1. The number of hydrogen-bond acceptors (Lipinski definition) is 2. The summed E-state index contributed by atoms with van der Waals surface area (Å²) in [6.45, 7) is 7.41. The van der Waals surface area contributed by atoms with Crippen molar-refractivity contribution < 1.29 is 7.87 Å². The zero-order valence-electron chi connectivity index (χ0n) is 18.6. The Balaban J connectivity index is 0.000000447. The summed E-state index contributed by atoms with van der Waals surface area (Å²) in [5, 5.41) is 0. The second-order valence-electron chi connectivity index (χ2n) is 7.34. The first-order valence-corrected chi connectivity index (χ1v) is 14.4. The van der Waals surface area contributed by atoms with Crippen LogP contribution >= 0.6 is 0 Å². The number of hydrogen-bond donors (Lipinski definition) is 0. The second-order valence-corrected chi connectivity index (χ2v) is 10.4. The van der Waals surface area contributed by atoms with Crippen LogP contribution in [0.1, 0.15) is 93.6 Å². The molecule has 0 aliphatic rings. The van der Waals surface area contributed by atoms with Gasteiger partial charge in [-0.2, -0.15) is 0 Å². The molecule has 0 bridgehead atoms. The Morgan fingerprint density at radius 3 is 1.83 bits per heavy atom. The summed E-state index contributed by atoms with van der Waals surface area (Å²) in [4.78, 5) is 12.3. The van der Waals surface area contributed by atoms with E-state index in [-0.39, 0.29) is 5.78 Å². The molecule has 0 atom stereocenters. The zero-order valence-corrected chi connectivity index (χ0v) is 21.4. The van der Waals surface area contributed by atoms with Crippen LogP contribution in [0.2, 0.25) is 4.44 Å². The minimum absolute atomic E-state index is 0.0717. The summed E-state index contributed by atoms with van der Waals surface area (Å²) < 4.78 is 7.07. The third kappa shape index (κ3) is 12.2. The van der Waals surface area contributed by atoms with Gasteiger partial charge < -0.3 is 0 Å². The van der Waals surface area contributed by atoms with Crippen molar-refractivity contribution in [1.82, 2.24) is 0 Å². The van der Waals surface area contributed by atoms with Crippen LogP contribution in [0.25, 0.3) is 0 Å². The van der Waals surface area contributed by atoms with Crippen LogP contribution in [-0.4, -0.2) is 27.3 Å². The van der Waals surface area contributed by atoms with E-state index in [1.807, 2.05) is 54.6 Å². The van der Waals surface area contributed by atoms with Crippen LogP contribution in [0.15, 0.2) is 54.6 Å². The third-order valence-electron chi connectivity index (χ3n) is 4.68. The fourth-order valence-corrected chi connectivity index (χ4v) is 5.42. The average molecular weight is 501 g/mol. The molecule has 0 heterocycles. The number of rotatable bonds is 13. The molecule has 0 unspecified atom stereocenters. The molecule has 0 N–H and O–H groups in total. The molecular formula is C26H38O2Sn. The molecule has 29 heavy (non-hydrogen) atoms. The molecule has 2 radical (unpaired) electrons. The molecule has 2 rings (SSSR count). The molecule has 0 aromatic heterocycles. The fourth-order valence-electron chi connectivity index (χ4n) is 2.82. The molecule has 0 fully saturated rings. The molecule has 2 aromatic carbocycles. The number of unbranched alkanes of at least 4 members (excludes halogenated alkanes) is 6. The van der Waals surface area contributed by atoms with Crippen molar-refractivity contribution in [3.05, 3.63) is 71.3 Å². The van der Waals surface area contributed by atoms with E-state index >= 15 is 0 Å². The molecule has 0 saturated heterocycles. The van der Waals surface area contributed by atoms with Crippen LogP contribution in [0.5, 0.6) is 0 Å². The monoisotopic (exact) mass is 502 g/mol. The van der Waals surface area contributed by atoms with Gasteiger partial charge in [0, 0.05) is 0 Å². The number of benzene rings is 2. The van der Waals surface area contributed by atoms with Crippen LogP contribution in [-0.2, 0) is 9.68 Å². The van der Waals surface area contributed by atoms with Crippen LogP contribution in [0.3, 0.4) is 0 Å². The van der Waals surface area contributed by atoms with Gasteiger partial charge in [-0.3, -0.25) is 0 Å². The SMILES string of the molecule is CCCCCCCC.CCC[CH2][Sn][O]Cc1ccc(C(=O)c2ccccc2)cc1. The normalized spacial score (nSPS) is 10.3. The van der Waals surface area contributed by atoms with Crippen LogP contribution < -0.4 is 0 Å². The maximum atomic E-state index is 12.3. The number of carbonyl (C=O) groups is 1. The van der Waals surface area contributed by atoms with E-state index in [0.717, 1.165) is 16.7 Å². The first kappa shape index (κ1) is 25.9. The Labute approximate surface area is 189 Å². The Morgan fingerprint density at radius 1 is 0.724 bits per heavy atom. The molecule has 0 amide bonds. The Morgan fingerprint density at radius 2 is 1.28 bits per heavy atom. The zero-order chi connectivity index (χ0) is 21.2. The van der Waals surface area contributed by atoms with Crippen molar-refractivity contribution in [1.29, 1.82) is 0 Å². The Kier molecular flexibility index (Phi) is 15.8. The number of ketones is 1. The van der Waals surface area contributed by atoms with Gasteiger partial charge in [0.2, 0.25) is 0 Å². The van der Waals surface area contributed by atoms with Gasteiger partial charge in [0.25, 0.3) is 0 Å². The second kappa shape index (κ2) is 17.7. The Bertz CT molecular complexity index is 632. The fraction of sp³-hybridized carbons (Fsp3) is 0.500. The van der Waals surface area contributed by atoms with E-state index in [1.54, 1.807) is 0 Å². The molecule has 158 valence electrons. The molecule has 0 spiro atoms. The van der Waals surface area contributed by atoms with Crippen LogP contribution in [0, 0.1) is 0 Å². The van der Waals surface area contributed by atoms with E-state index < -0.39 is 21.6 Å². The van der Waals surface area contributed by atoms with Gasteiger partial charge in [-0.25, -0.2) is 0 Å². The first-order valence-electron chi connectivity index (χ1n) is 11.3. The molecule has 0 aliphatic heterocycles. The predicted molar refractivity (Wildman–Crippen MR) is 126 cm³/mol. The van der Waals surface area contributed by atoms with E-state index in [2.05, 4.69) is 20.8 Å². The quantitative estimate of drug-likeness (QED) is 0.160. The average Bonchev–Trinajstić information content (AvgIpc) is 2.78. The van der Waals surface area contributed by atoms with E-state index in [1.165, 1.54) is 55.8 Å². The van der Waals surface area contributed by atoms with Gasteiger partial charge in [0.05, 0.1) is 0 Å². The summed E-state index contributed by atoms with van der Waals surface area (Å²) in [7, 11) is 0. The van der Waals surface area contributed by atoms with Crippen molar-refractivity contribution in [2.45, 2.75) is 83.2 Å². The van der Waals surface area contributed by atoms with E-state index in [9.17, 15) is 4.79 Å². The molecule has 0 saturated carbocycles. The van der Waals surface area contributed by atoms with Crippen molar-refractivity contribution in [3.63, 3.8) is 0 Å². The molecular weight excluding hydrogens is 463 g/mol. The predicted octanol–water partition coefficient (Wildman–Crippen LogP) is 7.64. The summed E-state index contributed by atoms with van der Waals surface area (Å²) in [5.74, 6) is 0.0717. The molecule has 2 aromatic rings. The van der Waals surface area contributed by atoms with Gasteiger partial charge in [0.1, 0.15) is 0 Å². The topological polar surface area (TPSA) is 26.3 Å².